The summed E-state index contributed by atoms with van der Waals surface area (Å²) in [5.41, 5.74) is 7.37. The number of anilines is 1. The third-order valence-electron chi connectivity index (χ3n) is 5.47. The Morgan fingerprint density at radius 1 is 1.30 bits per heavy atom. The van der Waals surface area contributed by atoms with Gasteiger partial charge in [-0.2, -0.15) is 10.5 Å². The monoisotopic (exact) mass is 405 g/mol. The molecule has 8 nitrogen and oxygen atoms in total. The van der Waals surface area contributed by atoms with Gasteiger partial charge in [0.05, 0.1) is 23.7 Å². The molecule has 3 aliphatic heterocycles. The molecule has 30 heavy (non-hydrogen) atoms. The molecule has 0 bridgehead atoms. The maximum absolute atomic E-state index is 13.9. The summed E-state index contributed by atoms with van der Waals surface area (Å²) in [6.07, 6.45) is 1.75. The van der Waals surface area contributed by atoms with E-state index < -0.39 is 5.82 Å². The maximum Gasteiger partial charge on any atom is 0.331 e. The molecule has 2 N–H and O–H groups in total. The first kappa shape index (κ1) is 19.6. The van der Waals surface area contributed by atoms with Gasteiger partial charge in [0.2, 0.25) is 0 Å². The van der Waals surface area contributed by atoms with Crippen molar-refractivity contribution in [1.82, 2.24) is 14.1 Å². The number of nitrogens with zero attached hydrogens (tertiary/aromatic N) is 6. The predicted molar refractivity (Wildman–Crippen MR) is 108 cm³/mol. The van der Waals surface area contributed by atoms with E-state index in [1.807, 2.05) is 11.0 Å². The van der Waals surface area contributed by atoms with Crippen LogP contribution in [0.1, 0.15) is 29.7 Å². The van der Waals surface area contributed by atoms with E-state index in [2.05, 4.69) is 11.1 Å². The minimum Gasteiger partial charge on any atom is -0.356 e. The lowest BCUT2D eigenvalue weighted by atomic mass is 10.1. The van der Waals surface area contributed by atoms with Gasteiger partial charge in [-0.3, -0.25) is 9.13 Å². The third-order valence-corrected chi connectivity index (χ3v) is 5.47. The fraction of sp³-hybridized carbons (Fsp3) is 0.333. The lowest BCUT2D eigenvalue weighted by molar-refractivity contribution is 0.492. The second-order valence-corrected chi connectivity index (χ2v) is 7.50. The molecule has 0 radical (unpaired) electrons. The van der Waals surface area contributed by atoms with Crippen molar-refractivity contribution in [2.24, 2.45) is 12.8 Å². The molecule has 0 amide bonds. The highest BCUT2D eigenvalue weighted by Gasteiger charge is 2.28. The van der Waals surface area contributed by atoms with Gasteiger partial charge in [0.1, 0.15) is 29.2 Å². The zero-order chi connectivity index (χ0) is 21.4. The highest BCUT2D eigenvalue weighted by molar-refractivity contribution is 5.75. The number of nitrogens with two attached hydrogens (primary N) is 1. The summed E-state index contributed by atoms with van der Waals surface area (Å²) in [6, 6.07) is 9.58. The van der Waals surface area contributed by atoms with Crippen molar-refractivity contribution in [3.63, 3.8) is 0 Å². The second-order valence-electron chi connectivity index (χ2n) is 7.50. The first-order chi connectivity index (χ1) is 14.4. The van der Waals surface area contributed by atoms with Crippen LogP contribution in [-0.4, -0.2) is 33.2 Å². The summed E-state index contributed by atoms with van der Waals surface area (Å²) in [5.74, 6) is 0.512. The van der Waals surface area contributed by atoms with Crippen LogP contribution < -0.4 is 16.3 Å². The summed E-state index contributed by atoms with van der Waals surface area (Å²) < 4.78 is 16.8. The summed E-state index contributed by atoms with van der Waals surface area (Å²) in [4.78, 5) is 19.6. The average Bonchev–Trinajstić information content (AvgIpc) is 3.16. The highest BCUT2D eigenvalue weighted by atomic mass is 19.1. The van der Waals surface area contributed by atoms with Crippen molar-refractivity contribution in [2.75, 3.05) is 18.0 Å². The minimum atomic E-state index is -0.481. The first-order valence-corrected chi connectivity index (χ1v) is 9.62. The number of nitriles is 2. The Labute approximate surface area is 172 Å². The van der Waals surface area contributed by atoms with Crippen molar-refractivity contribution in [1.29, 1.82) is 10.5 Å². The van der Waals surface area contributed by atoms with Gasteiger partial charge in [0.25, 0.3) is 0 Å². The molecule has 1 fully saturated rings. The number of hydrogen-bond donors (Lipinski definition) is 1. The van der Waals surface area contributed by atoms with E-state index in [0.29, 0.717) is 41.4 Å². The lowest BCUT2D eigenvalue weighted by Crippen LogP contribution is -2.46. The average molecular weight is 405 g/mol. The van der Waals surface area contributed by atoms with Gasteiger partial charge in [0.15, 0.2) is 0 Å². The molecule has 152 valence electrons. The van der Waals surface area contributed by atoms with E-state index in [-0.39, 0.29) is 24.0 Å². The molecule has 3 aliphatic rings. The van der Waals surface area contributed by atoms with Crippen LogP contribution in [-0.2, 0) is 13.6 Å². The zero-order valence-corrected chi connectivity index (χ0v) is 16.5. The van der Waals surface area contributed by atoms with Crippen LogP contribution in [0.3, 0.4) is 0 Å². The maximum atomic E-state index is 13.9. The molecule has 0 spiro atoms. The Morgan fingerprint density at radius 3 is 2.80 bits per heavy atom. The number of benzene rings is 1. The van der Waals surface area contributed by atoms with Crippen molar-refractivity contribution in [2.45, 2.75) is 25.4 Å². The number of piperidine rings is 1. The van der Waals surface area contributed by atoms with Crippen LogP contribution in [0.15, 0.2) is 29.1 Å². The standard InChI is InChI=1S/C21H20FN7O/c1-27-19-18(8-17(10-24)26-19)20(28-6-2-3-16(25)12-28)29(21(27)30)11-14-7-15(22)5-4-13(14)9-23/h4-5,7-8,16H,2-3,6,11-12,25H2,1H3/t16-/m1/s1. The van der Waals surface area contributed by atoms with E-state index in [9.17, 15) is 19.7 Å². The molecule has 3 heterocycles. The Morgan fingerprint density at radius 2 is 2.10 bits per heavy atom. The van der Waals surface area contributed by atoms with Crippen LogP contribution in [0.5, 0.6) is 0 Å². The SMILES string of the molecule is Cn1c2nc(C#N)cc-2c(N2CCC[C@@H](N)C2)n(Cc2cc(F)ccc2C#N)c1=O. The van der Waals surface area contributed by atoms with E-state index in [1.165, 1.54) is 27.3 Å². The van der Waals surface area contributed by atoms with Gasteiger partial charge >= 0.3 is 5.69 Å². The largest absolute Gasteiger partial charge is 0.356 e. The molecule has 0 aromatic heterocycles. The van der Waals surface area contributed by atoms with Gasteiger partial charge < -0.3 is 10.6 Å². The number of aromatic nitrogens is 3. The molecular formula is C21H20FN7O. The Bertz CT molecular complexity index is 1230. The van der Waals surface area contributed by atoms with Gasteiger partial charge in [-0.1, -0.05) is 0 Å². The Balaban J connectivity index is 1.97. The lowest BCUT2D eigenvalue weighted by Gasteiger charge is -2.35. The summed E-state index contributed by atoms with van der Waals surface area (Å²) in [6.45, 7) is 1.25. The van der Waals surface area contributed by atoms with Gasteiger partial charge in [-0.05, 0) is 42.7 Å². The minimum absolute atomic E-state index is 0.0113. The molecule has 4 rings (SSSR count). The van der Waals surface area contributed by atoms with Crippen molar-refractivity contribution in [3.05, 3.63) is 57.4 Å². The molecule has 1 aromatic rings. The predicted octanol–water partition coefficient (Wildman–Crippen LogP) is 1.54. The highest BCUT2D eigenvalue weighted by Crippen LogP contribution is 2.33. The zero-order valence-electron chi connectivity index (χ0n) is 16.5. The topological polar surface area (TPSA) is 117 Å². The molecule has 1 saturated heterocycles. The van der Waals surface area contributed by atoms with E-state index in [4.69, 9.17) is 5.73 Å². The molecule has 0 aliphatic carbocycles. The fourth-order valence-electron chi connectivity index (χ4n) is 4.05. The van der Waals surface area contributed by atoms with Crippen LogP contribution >= 0.6 is 0 Å². The van der Waals surface area contributed by atoms with Crippen LogP contribution in [0.25, 0.3) is 11.4 Å². The number of hydrogen-bond acceptors (Lipinski definition) is 6. The van der Waals surface area contributed by atoms with Gasteiger partial charge in [-0.25, -0.2) is 14.2 Å². The van der Waals surface area contributed by atoms with E-state index >= 15 is 0 Å². The van der Waals surface area contributed by atoms with E-state index in [0.717, 1.165) is 12.8 Å². The van der Waals surface area contributed by atoms with Crippen LogP contribution in [0.4, 0.5) is 10.2 Å². The van der Waals surface area contributed by atoms with Crippen LogP contribution in [0.2, 0.25) is 0 Å². The summed E-state index contributed by atoms with van der Waals surface area (Å²) >= 11 is 0. The van der Waals surface area contributed by atoms with E-state index in [1.54, 1.807) is 13.1 Å². The van der Waals surface area contributed by atoms with Crippen molar-refractivity contribution >= 4 is 5.82 Å². The first-order valence-electron chi connectivity index (χ1n) is 9.62. The number of rotatable bonds is 3. The molecule has 1 aromatic carbocycles. The smallest absolute Gasteiger partial charge is 0.331 e. The number of halogens is 1. The molecular weight excluding hydrogens is 385 g/mol. The molecule has 9 heteroatoms. The normalized spacial score (nSPS) is 16.4. The van der Waals surface area contributed by atoms with Gasteiger partial charge in [-0.15, -0.1) is 0 Å². The molecule has 0 unspecified atom stereocenters. The second kappa shape index (κ2) is 7.62. The van der Waals surface area contributed by atoms with Gasteiger partial charge in [0, 0.05) is 26.2 Å². The number of fused-ring (bicyclic) bond motifs is 1. The quantitative estimate of drug-likeness (QED) is 0.707. The summed E-state index contributed by atoms with van der Waals surface area (Å²) in [7, 11) is 1.58. The third kappa shape index (κ3) is 3.30. The van der Waals surface area contributed by atoms with Crippen molar-refractivity contribution in [3.8, 4) is 23.5 Å². The Kier molecular flexibility index (Phi) is 4.98. The van der Waals surface area contributed by atoms with Crippen molar-refractivity contribution < 1.29 is 4.39 Å². The molecule has 1 atom stereocenters. The molecule has 0 saturated carbocycles. The fourth-order valence-corrected chi connectivity index (χ4v) is 4.05. The summed E-state index contributed by atoms with van der Waals surface area (Å²) in [5, 5.41) is 18.8. The Hall–Kier alpha value is -3.69. The van der Waals surface area contributed by atoms with Crippen LogP contribution in [0, 0.1) is 28.5 Å².